The number of carbonyl (C=O) groups is 2. The lowest BCUT2D eigenvalue weighted by atomic mass is 10.0. The fourth-order valence-corrected chi connectivity index (χ4v) is 3.11. The van der Waals surface area contributed by atoms with Crippen molar-refractivity contribution in [2.45, 2.75) is 32.0 Å². The summed E-state index contributed by atoms with van der Waals surface area (Å²) >= 11 is 0. The van der Waals surface area contributed by atoms with Crippen LogP contribution in [0.2, 0.25) is 0 Å². The number of likely N-dealkylation sites (N-methyl/N-ethyl adjacent to an activating group) is 1. The number of alkyl halides is 2. The van der Waals surface area contributed by atoms with Crippen molar-refractivity contribution < 1.29 is 28.2 Å². The molecule has 1 fully saturated rings. The molecule has 0 aliphatic carbocycles. The molecule has 0 atom stereocenters. The van der Waals surface area contributed by atoms with E-state index in [2.05, 4.69) is 10.1 Å². The molecule has 158 valence electrons. The van der Waals surface area contributed by atoms with Gasteiger partial charge in [-0.2, -0.15) is 8.78 Å². The number of piperidine rings is 1. The molecule has 2 rings (SSSR count). The zero-order valence-corrected chi connectivity index (χ0v) is 16.5. The smallest absolute Gasteiger partial charge is 0.387 e. The van der Waals surface area contributed by atoms with Crippen LogP contribution in [0, 0.1) is 0 Å². The highest BCUT2D eigenvalue weighted by molar-refractivity contribution is 5.85. The van der Waals surface area contributed by atoms with Crippen LogP contribution in [0.1, 0.15) is 18.4 Å². The first-order valence-electron chi connectivity index (χ1n) is 8.78. The van der Waals surface area contributed by atoms with Gasteiger partial charge in [-0.1, -0.05) is 12.1 Å². The first kappa shape index (κ1) is 24.1. The van der Waals surface area contributed by atoms with Crippen LogP contribution < -0.4 is 10.1 Å². The van der Waals surface area contributed by atoms with Crippen molar-refractivity contribution in [1.82, 2.24) is 15.1 Å². The molecule has 0 spiro atoms. The molecule has 1 aliphatic heterocycles. The lowest BCUT2D eigenvalue weighted by molar-refractivity contribution is -0.138. The number of hydrogen-bond donors (Lipinski definition) is 2. The van der Waals surface area contributed by atoms with Crippen LogP contribution >= 0.6 is 12.4 Å². The van der Waals surface area contributed by atoms with E-state index in [1.807, 2.05) is 9.80 Å². The van der Waals surface area contributed by atoms with Crippen LogP contribution in [0.4, 0.5) is 8.78 Å². The Morgan fingerprint density at radius 3 is 2.43 bits per heavy atom. The Bertz CT molecular complexity index is 626. The Kier molecular flexibility index (Phi) is 10.1. The molecule has 1 amide bonds. The molecule has 0 unspecified atom stereocenters. The van der Waals surface area contributed by atoms with Crippen molar-refractivity contribution in [3.63, 3.8) is 0 Å². The van der Waals surface area contributed by atoms with E-state index in [1.54, 1.807) is 19.2 Å². The van der Waals surface area contributed by atoms with E-state index in [0.717, 1.165) is 31.5 Å². The number of rotatable bonds is 9. The second-order valence-corrected chi connectivity index (χ2v) is 6.62. The Labute approximate surface area is 169 Å². The monoisotopic (exact) mass is 421 g/mol. The van der Waals surface area contributed by atoms with Crippen LogP contribution in [-0.4, -0.2) is 72.7 Å². The highest BCUT2D eigenvalue weighted by Gasteiger charge is 2.24. The maximum atomic E-state index is 12.1. The Balaban J connectivity index is 0.00000392. The van der Waals surface area contributed by atoms with Gasteiger partial charge in [0.15, 0.2) is 0 Å². The van der Waals surface area contributed by atoms with Crippen LogP contribution in [-0.2, 0) is 16.1 Å². The van der Waals surface area contributed by atoms with Gasteiger partial charge in [-0.3, -0.25) is 19.4 Å². The van der Waals surface area contributed by atoms with Gasteiger partial charge < -0.3 is 15.2 Å². The standard InChI is InChI=1S/C18H25F2N3O4.ClH/c1-22(12-17(25)26)14-6-8-23(9-7-14)11-16(24)21-10-13-2-4-15(5-3-13)27-18(19)20;/h2-5,14,18H,6-12H2,1H3,(H,21,24)(H,25,26);1H. The predicted molar refractivity (Wildman–Crippen MR) is 102 cm³/mol. The number of carboxylic acids is 1. The molecule has 1 aromatic carbocycles. The van der Waals surface area contributed by atoms with Crippen LogP contribution in [0.5, 0.6) is 5.75 Å². The summed E-state index contributed by atoms with van der Waals surface area (Å²) in [6.07, 6.45) is 1.64. The number of nitrogens with zero attached hydrogens (tertiary/aromatic N) is 2. The van der Waals surface area contributed by atoms with Gasteiger partial charge in [-0.05, 0) is 37.6 Å². The summed E-state index contributed by atoms with van der Waals surface area (Å²) in [6, 6.07) is 6.34. The number of ether oxygens (including phenoxy) is 1. The third-order valence-corrected chi connectivity index (χ3v) is 4.57. The average Bonchev–Trinajstić information content (AvgIpc) is 2.60. The SMILES string of the molecule is CN(CC(=O)O)C1CCN(CC(=O)NCc2ccc(OC(F)F)cc2)CC1.Cl. The number of hydrogen-bond acceptors (Lipinski definition) is 5. The highest BCUT2D eigenvalue weighted by atomic mass is 35.5. The molecule has 7 nitrogen and oxygen atoms in total. The highest BCUT2D eigenvalue weighted by Crippen LogP contribution is 2.16. The summed E-state index contributed by atoms with van der Waals surface area (Å²) in [7, 11) is 1.80. The van der Waals surface area contributed by atoms with Gasteiger partial charge in [-0.15, -0.1) is 12.4 Å². The molecule has 0 bridgehead atoms. The third-order valence-electron chi connectivity index (χ3n) is 4.57. The number of amides is 1. The molecule has 0 aromatic heterocycles. The van der Waals surface area contributed by atoms with E-state index in [1.165, 1.54) is 12.1 Å². The topological polar surface area (TPSA) is 82.1 Å². The zero-order chi connectivity index (χ0) is 19.8. The summed E-state index contributed by atoms with van der Waals surface area (Å²) in [6.45, 7) is -0.771. The number of halogens is 3. The van der Waals surface area contributed by atoms with Crippen LogP contribution in [0.15, 0.2) is 24.3 Å². The number of aliphatic carboxylic acids is 1. The molecule has 0 radical (unpaired) electrons. The van der Waals surface area contributed by atoms with Crippen molar-refractivity contribution in [2.75, 3.05) is 33.2 Å². The summed E-state index contributed by atoms with van der Waals surface area (Å²) in [4.78, 5) is 26.7. The van der Waals surface area contributed by atoms with Crippen LogP contribution in [0.25, 0.3) is 0 Å². The van der Waals surface area contributed by atoms with E-state index in [-0.39, 0.29) is 43.2 Å². The lowest BCUT2D eigenvalue weighted by Crippen LogP contribution is -2.47. The van der Waals surface area contributed by atoms with Crippen molar-refractivity contribution >= 4 is 24.3 Å². The number of nitrogens with one attached hydrogen (secondary N) is 1. The Hall–Kier alpha value is -1.97. The van der Waals surface area contributed by atoms with Gasteiger partial charge >= 0.3 is 12.6 Å². The minimum Gasteiger partial charge on any atom is -0.480 e. The van der Waals surface area contributed by atoms with Gasteiger partial charge in [0.1, 0.15) is 5.75 Å². The van der Waals surface area contributed by atoms with E-state index >= 15 is 0 Å². The van der Waals surface area contributed by atoms with Crippen molar-refractivity contribution in [1.29, 1.82) is 0 Å². The van der Waals surface area contributed by atoms with Gasteiger partial charge in [0.25, 0.3) is 0 Å². The minimum atomic E-state index is -2.86. The predicted octanol–water partition coefficient (Wildman–Crippen LogP) is 1.81. The van der Waals surface area contributed by atoms with E-state index < -0.39 is 12.6 Å². The van der Waals surface area contributed by atoms with E-state index in [0.29, 0.717) is 6.54 Å². The van der Waals surface area contributed by atoms with Crippen molar-refractivity contribution in [3.05, 3.63) is 29.8 Å². The second-order valence-electron chi connectivity index (χ2n) is 6.62. The number of carboxylic acid groups (broad SMARTS) is 1. The maximum absolute atomic E-state index is 12.1. The fraction of sp³-hybridized carbons (Fsp3) is 0.556. The summed E-state index contributed by atoms with van der Waals surface area (Å²) in [5, 5.41) is 11.7. The first-order valence-corrected chi connectivity index (χ1v) is 8.78. The zero-order valence-electron chi connectivity index (χ0n) is 15.6. The largest absolute Gasteiger partial charge is 0.480 e. The first-order chi connectivity index (χ1) is 12.8. The molecule has 1 aliphatic rings. The maximum Gasteiger partial charge on any atom is 0.387 e. The molecular weight excluding hydrogens is 396 g/mol. The summed E-state index contributed by atoms with van der Waals surface area (Å²) in [5.74, 6) is -0.871. The summed E-state index contributed by atoms with van der Waals surface area (Å²) in [5.41, 5.74) is 0.791. The number of likely N-dealkylation sites (tertiary alicyclic amines) is 1. The average molecular weight is 422 g/mol. The quantitative estimate of drug-likeness (QED) is 0.633. The lowest BCUT2D eigenvalue weighted by Gasteiger charge is -2.35. The molecule has 10 heteroatoms. The third kappa shape index (κ3) is 8.37. The van der Waals surface area contributed by atoms with Crippen LogP contribution in [0.3, 0.4) is 0 Å². The number of benzene rings is 1. The van der Waals surface area contributed by atoms with Gasteiger partial charge in [0.2, 0.25) is 5.91 Å². The van der Waals surface area contributed by atoms with E-state index in [9.17, 15) is 18.4 Å². The molecular formula is C18H26ClF2N3O4. The van der Waals surface area contributed by atoms with Crippen molar-refractivity contribution in [3.8, 4) is 5.75 Å². The van der Waals surface area contributed by atoms with Gasteiger partial charge in [0, 0.05) is 25.7 Å². The molecule has 28 heavy (non-hydrogen) atoms. The second kappa shape index (κ2) is 11.8. The molecule has 1 heterocycles. The Morgan fingerprint density at radius 1 is 1.29 bits per heavy atom. The molecule has 2 N–H and O–H groups in total. The molecule has 1 aromatic rings. The minimum absolute atomic E-state index is 0. The van der Waals surface area contributed by atoms with Gasteiger partial charge in [-0.25, -0.2) is 0 Å². The van der Waals surface area contributed by atoms with Gasteiger partial charge in [0.05, 0.1) is 13.1 Å². The number of carbonyl (C=O) groups excluding carboxylic acids is 1. The summed E-state index contributed by atoms with van der Waals surface area (Å²) < 4.78 is 28.5. The van der Waals surface area contributed by atoms with Crippen molar-refractivity contribution in [2.24, 2.45) is 0 Å². The fourth-order valence-electron chi connectivity index (χ4n) is 3.11. The molecule has 0 saturated carbocycles. The normalized spacial score (nSPS) is 15.3. The van der Waals surface area contributed by atoms with E-state index in [4.69, 9.17) is 5.11 Å². The molecule has 1 saturated heterocycles. The Morgan fingerprint density at radius 2 is 1.89 bits per heavy atom.